The molecule has 0 saturated carbocycles. The zero-order chi connectivity index (χ0) is 19.6. The number of hydrogen-bond donors (Lipinski definition) is 1. The van der Waals surface area contributed by atoms with Crippen molar-refractivity contribution in [3.05, 3.63) is 23.8 Å². The molecule has 1 aromatic carbocycles. The van der Waals surface area contributed by atoms with Crippen molar-refractivity contribution in [1.29, 1.82) is 0 Å². The quantitative estimate of drug-likeness (QED) is 0.602. The number of amides is 1. The topological polar surface area (TPSA) is 75.6 Å². The maximum absolute atomic E-state index is 11.8. The summed E-state index contributed by atoms with van der Waals surface area (Å²) in [5, 5.41) is 3.33. The Hall–Kier alpha value is -2.64. The van der Waals surface area contributed by atoms with E-state index in [0.29, 0.717) is 37.7 Å². The molecule has 8 nitrogen and oxygen atoms in total. The van der Waals surface area contributed by atoms with Gasteiger partial charge in [-0.2, -0.15) is 0 Å². The number of nitrogens with one attached hydrogen (secondary N) is 1. The van der Waals surface area contributed by atoms with E-state index in [2.05, 4.69) is 10.2 Å². The fraction of sp³-hybridized carbons (Fsp3) is 0.579. The number of methoxy groups -OCH3 is 2. The second-order valence-electron chi connectivity index (χ2n) is 6.03. The maximum Gasteiger partial charge on any atom is 0.409 e. The van der Waals surface area contributed by atoms with Crippen LogP contribution in [0.3, 0.4) is 0 Å². The second-order valence-corrected chi connectivity index (χ2v) is 6.03. The number of rotatable bonds is 6. The van der Waals surface area contributed by atoms with E-state index in [1.807, 2.05) is 32.0 Å². The van der Waals surface area contributed by atoms with Crippen LogP contribution < -0.4 is 14.8 Å². The van der Waals surface area contributed by atoms with Crippen molar-refractivity contribution in [3.63, 3.8) is 0 Å². The molecule has 0 atom stereocenters. The van der Waals surface area contributed by atoms with Crippen LogP contribution >= 0.6 is 0 Å². The standard InChI is InChI=1S/C19H30N4O4/c1-5-20-18(22-9-11-23(12-10-22)19(24)27-6-2)21-14-15-7-8-16(25-3)17(13-15)26-4/h7-8,13H,5-6,9-12,14H2,1-4H3,(H,20,21). The molecule has 0 aliphatic carbocycles. The average molecular weight is 378 g/mol. The van der Waals surface area contributed by atoms with Crippen molar-refractivity contribution in [3.8, 4) is 11.5 Å². The second kappa shape index (κ2) is 10.5. The smallest absolute Gasteiger partial charge is 0.409 e. The highest BCUT2D eigenvalue weighted by Crippen LogP contribution is 2.27. The summed E-state index contributed by atoms with van der Waals surface area (Å²) >= 11 is 0. The van der Waals surface area contributed by atoms with Gasteiger partial charge in [-0.15, -0.1) is 0 Å². The minimum atomic E-state index is -0.246. The minimum Gasteiger partial charge on any atom is -0.493 e. The number of carbonyl (C=O) groups is 1. The van der Waals surface area contributed by atoms with Crippen LogP contribution in [0, 0.1) is 0 Å². The lowest BCUT2D eigenvalue weighted by Crippen LogP contribution is -2.53. The molecular formula is C19H30N4O4. The van der Waals surface area contributed by atoms with Gasteiger partial charge >= 0.3 is 6.09 Å². The molecule has 1 amide bonds. The molecule has 0 spiro atoms. The summed E-state index contributed by atoms with van der Waals surface area (Å²) in [5.41, 5.74) is 1.04. The van der Waals surface area contributed by atoms with Crippen LogP contribution in [0.15, 0.2) is 23.2 Å². The van der Waals surface area contributed by atoms with Gasteiger partial charge < -0.3 is 29.3 Å². The molecule has 0 radical (unpaired) electrons. The van der Waals surface area contributed by atoms with Crippen molar-refractivity contribution < 1.29 is 19.0 Å². The van der Waals surface area contributed by atoms with Gasteiger partial charge in [0.2, 0.25) is 0 Å². The molecule has 150 valence electrons. The van der Waals surface area contributed by atoms with Crippen LogP contribution in [0.4, 0.5) is 4.79 Å². The Morgan fingerprint density at radius 3 is 2.33 bits per heavy atom. The van der Waals surface area contributed by atoms with Gasteiger partial charge in [-0.05, 0) is 31.5 Å². The van der Waals surface area contributed by atoms with Crippen LogP contribution in [0.25, 0.3) is 0 Å². The molecule has 1 aliphatic rings. The normalized spacial score (nSPS) is 14.7. The number of carbonyl (C=O) groups excluding carboxylic acids is 1. The van der Waals surface area contributed by atoms with E-state index in [0.717, 1.165) is 31.2 Å². The Morgan fingerprint density at radius 1 is 1.07 bits per heavy atom. The fourth-order valence-corrected chi connectivity index (χ4v) is 2.89. The first-order valence-electron chi connectivity index (χ1n) is 9.28. The third kappa shape index (κ3) is 5.67. The van der Waals surface area contributed by atoms with Crippen molar-refractivity contribution >= 4 is 12.1 Å². The van der Waals surface area contributed by atoms with E-state index in [-0.39, 0.29) is 6.09 Å². The summed E-state index contributed by atoms with van der Waals surface area (Å²) < 4.78 is 15.7. The van der Waals surface area contributed by atoms with Crippen LogP contribution in [0.2, 0.25) is 0 Å². The highest BCUT2D eigenvalue weighted by molar-refractivity contribution is 5.80. The largest absolute Gasteiger partial charge is 0.493 e. The molecular weight excluding hydrogens is 348 g/mol. The van der Waals surface area contributed by atoms with Gasteiger partial charge in [0.05, 0.1) is 27.4 Å². The molecule has 1 saturated heterocycles. The minimum absolute atomic E-state index is 0.246. The first-order valence-corrected chi connectivity index (χ1v) is 9.28. The zero-order valence-corrected chi connectivity index (χ0v) is 16.7. The SMILES string of the molecule is CCNC(=NCc1ccc(OC)c(OC)c1)N1CCN(C(=O)OCC)CC1. The molecule has 1 aliphatic heterocycles. The van der Waals surface area contributed by atoms with E-state index in [1.165, 1.54) is 0 Å². The van der Waals surface area contributed by atoms with Gasteiger partial charge in [-0.3, -0.25) is 0 Å². The number of nitrogens with zero attached hydrogens (tertiary/aromatic N) is 3. The lowest BCUT2D eigenvalue weighted by molar-refractivity contribution is 0.0914. The monoisotopic (exact) mass is 378 g/mol. The van der Waals surface area contributed by atoms with Crippen molar-refractivity contribution in [2.24, 2.45) is 4.99 Å². The molecule has 1 aromatic rings. The molecule has 1 fully saturated rings. The van der Waals surface area contributed by atoms with Crippen LogP contribution in [0.1, 0.15) is 19.4 Å². The van der Waals surface area contributed by atoms with Crippen molar-refractivity contribution in [2.75, 3.05) is 53.6 Å². The van der Waals surface area contributed by atoms with Gasteiger partial charge in [0.25, 0.3) is 0 Å². The Kier molecular flexibility index (Phi) is 8.03. The van der Waals surface area contributed by atoms with Gasteiger partial charge in [0, 0.05) is 32.7 Å². The Labute approximate surface area is 161 Å². The molecule has 0 bridgehead atoms. The summed E-state index contributed by atoms with van der Waals surface area (Å²) in [6.07, 6.45) is -0.246. The summed E-state index contributed by atoms with van der Waals surface area (Å²) in [7, 11) is 3.24. The van der Waals surface area contributed by atoms with Gasteiger partial charge in [0.15, 0.2) is 17.5 Å². The molecule has 1 N–H and O–H groups in total. The molecule has 0 aromatic heterocycles. The van der Waals surface area contributed by atoms with Crippen LogP contribution in [-0.4, -0.2) is 75.4 Å². The molecule has 1 heterocycles. The summed E-state index contributed by atoms with van der Waals surface area (Å²) in [5.74, 6) is 2.24. The van der Waals surface area contributed by atoms with E-state index >= 15 is 0 Å². The predicted octanol–water partition coefficient (Wildman–Crippen LogP) is 1.94. The van der Waals surface area contributed by atoms with Gasteiger partial charge in [0.1, 0.15) is 0 Å². The lowest BCUT2D eigenvalue weighted by Gasteiger charge is -2.35. The lowest BCUT2D eigenvalue weighted by atomic mass is 10.2. The first kappa shape index (κ1) is 20.7. The maximum atomic E-state index is 11.8. The summed E-state index contributed by atoms with van der Waals surface area (Å²) in [6.45, 7) is 8.25. The third-order valence-electron chi connectivity index (χ3n) is 4.30. The number of ether oxygens (including phenoxy) is 3. The summed E-state index contributed by atoms with van der Waals surface area (Å²) in [4.78, 5) is 20.5. The van der Waals surface area contributed by atoms with Gasteiger partial charge in [-0.25, -0.2) is 9.79 Å². The Morgan fingerprint density at radius 2 is 1.74 bits per heavy atom. The van der Waals surface area contributed by atoms with E-state index in [4.69, 9.17) is 19.2 Å². The number of hydrogen-bond acceptors (Lipinski definition) is 5. The molecule has 27 heavy (non-hydrogen) atoms. The third-order valence-corrected chi connectivity index (χ3v) is 4.30. The van der Waals surface area contributed by atoms with E-state index < -0.39 is 0 Å². The average Bonchev–Trinajstić information content (AvgIpc) is 2.71. The number of piperazine rings is 1. The summed E-state index contributed by atoms with van der Waals surface area (Å²) in [6, 6.07) is 5.80. The van der Waals surface area contributed by atoms with Gasteiger partial charge in [-0.1, -0.05) is 6.07 Å². The van der Waals surface area contributed by atoms with Crippen LogP contribution in [-0.2, 0) is 11.3 Å². The van der Waals surface area contributed by atoms with Crippen LogP contribution in [0.5, 0.6) is 11.5 Å². The highest BCUT2D eigenvalue weighted by atomic mass is 16.6. The fourth-order valence-electron chi connectivity index (χ4n) is 2.89. The number of guanidine groups is 1. The Balaban J connectivity index is 2.01. The van der Waals surface area contributed by atoms with Crippen molar-refractivity contribution in [1.82, 2.24) is 15.1 Å². The molecule has 2 rings (SSSR count). The highest BCUT2D eigenvalue weighted by Gasteiger charge is 2.23. The molecule has 0 unspecified atom stereocenters. The Bertz CT molecular complexity index is 643. The van der Waals surface area contributed by atoms with Crippen molar-refractivity contribution in [2.45, 2.75) is 20.4 Å². The van der Waals surface area contributed by atoms with E-state index in [1.54, 1.807) is 19.1 Å². The molecule has 8 heteroatoms. The zero-order valence-electron chi connectivity index (χ0n) is 16.7. The predicted molar refractivity (Wildman–Crippen MR) is 105 cm³/mol. The number of aliphatic imine (C=N–C) groups is 1. The number of benzene rings is 1. The first-order chi connectivity index (χ1) is 13.1. The van der Waals surface area contributed by atoms with E-state index in [9.17, 15) is 4.79 Å².